The molecule has 6 nitrogen and oxygen atoms in total. The van der Waals surface area contributed by atoms with Gasteiger partial charge in [-0.05, 0) is 33.1 Å². The van der Waals surface area contributed by atoms with Gasteiger partial charge in [0.15, 0.2) is 5.96 Å². The van der Waals surface area contributed by atoms with E-state index < -0.39 is 0 Å². The highest BCUT2D eigenvalue weighted by Gasteiger charge is 2.22. The second kappa shape index (κ2) is 12.0. The number of nitrogens with one attached hydrogen (secondary N) is 1. The summed E-state index contributed by atoms with van der Waals surface area (Å²) in [6.45, 7) is 8.41. The molecule has 0 unspecified atom stereocenters. The van der Waals surface area contributed by atoms with E-state index in [1.54, 1.807) is 18.4 Å². The van der Waals surface area contributed by atoms with Crippen molar-refractivity contribution in [1.29, 1.82) is 0 Å². The van der Waals surface area contributed by atoms with Gasteiger partial charge in [-0.25, -0.2) is 4.98 Å². The van der Waals surface area contributed by atoms with Crippen molar-refractivity contribution in [3.63, 3.8) is 0 Å². The Morgan fingerprint density at radius 1 is 1.32 bits per heavy atom. The predicted octanol–water partition coefficient (Wildman–Crippen LogP) is 2.97. The molecule has 1 aliphatic heterocycles. The number of aliphatic imine (C=N–C) groups is 1. The van der Waals surface area contributed by atoms with Gasteiger partial charge in [0, 0.05) is 45.3 Å². The summed E-state index contributed by atoms with van der Waals surface area (Å²) in [5, 5.41) is 4.55. The molecule has 0 radical (unpaired) electrons. The molecule has 1 aliphatic rings. The van der Waals surface area contributed by atoms with Crippen molar-refractivity contribution in [2.75, 3.05) is 40.5 Å². The number of rotatable bonds is 7. The van der Waals surface area contributed by atoms with E-state index in [9.17, 15) is 0 Å². The molecule has 0 spiro atoms. The van der Waals surface area contributed by atoms with Crippen LogP contribution in [0.5, 0.6) is 0 Å². The molecule has 2 heterocycles. The lowest BCUT2D eigenvalue weighted by atomic mass is 10.1. The molecule has 0 atom stereocenters. The number of hydrogen-bond donors (Lipinski definition) is 1. The van der Waals surface area contributed by atoms with E-state index in [4.69, 9.17) is 9.47 Å². The van der Waals surface area contributed by atoms with Gasteiger partial charge in [0.1, 0.15) is 5.01 Å². The molecule has 0 aromatic carbocycles. The van der Waals surface area contributed by atoms with E-state index in [1.807, 2.05) is 7.05 Å². The molecule has 1 aromatic rings. The Balaban J connectivity index is 0.00000312. The number of hydrogen-bond acceptors (Lipinski definition) is 5. The normalized spacial score (nSPS) is 16.0. The molecule has 2 rings (SSSR count). The molecular formula is C17H31IN4O2S. The molecule has 0 saturated carbocycles. The average Bonchev–Trinajstić information content (AvgIpc) is 2.91. The van der Waals surface area contributed by atoms with Crippen molar-refractivity contribution in [3.05, 3.63) is 15.6 Å². The zero-order valence-corrected chi connectivity index (χ0v) is 18.9. The van der Waals surface area contributed by atoms with Crippen LogP contribution in [0.15, 0.2) is 4.99 Å². The summed E-state index contributed by atoms with van der Waals surface area (Å²) >= 11 is 1.75. The van der Waals surface area contributed by atoms with Crippen molar-refractivity contribution >= 4 is 41.3 Å². The van der Waals surface area contributed by atoms with Crippen molar-refractivity contribution < 1.29 is 9.47 Å². The minimum atomic E-state index is 0. The highest BCUT2D eigenvalue weighted by Crippen LogP contribution is 2.17. The number of halogens is 1. The maximum absolute atomic E-state index is 5.92. The summed E-state index contributed by atoms with van der Waals surface area (Å²) in [6.07, 6.45) is 3.42. The Morgan fingerprint density at radius 3 is 2.60 bits per heavy atom. The molecule has 144 valence electrons. The fourth-order valence-electron chi connectivity index (χ4n) is 2.79. The maximum atomic E-state index is 5.92. The first-order valence-corrected chi connectivity index (χ1v) is 9.44. The van der Waals surface area contributed by atoms with Crippen molar-refractivity contribution in [3.8, 4) is 0 Å². The fourth-order valence-corrected chi connectivity index (χ4v) is 3.66. The summed E-state index contributed by atoms with van der Waals surface area (Å²) in [7, 11) is 3.57. The highest BCUT2D eigenvalue weighted by molar-refractivity contribution is 14.0. The molecule has 1 N–H and O–H groups in total. The predicted molar refractivity (Wildman–Crippen MR) is 114 cm³/mol. The van der Waals surface area contributed by atoms with E-state index in [0.29, 0.717) is 6.10 Å². The number of aromatic nitrogens is 1. The monoisotopic (exact) mass is 482 g/mol. The maximum Gasteiger partial charge on any atom is 0.193 e. The number of thiazole rings is 1. The Morgan fingerprint density at radius 2 is 2.04 bits per heavy atom. The fraction of sp³-hybridized carbons (Fsp3) is 0.765. The number of methoxy groups -OCH3 is 1. The van der Waals surface area contributed by atoms with Crippen LogP contribution in [0.1, 0.15) is 34.8 Å². The number of likely N-dealkylation sites (tertiary alicyclic amines) is 1. The van der Waals surface area contributed by atoms with Gasteiger partial charge in [-0.1, -0.05) is 0 Å². The molecule has 0 amide bonds. The summed E-state index contributed by atoms with van der Waals surface area (Å²) in [5.41, 5.74) is 1.12. The third-order valence-corrected chi connectivity index (χ3v) is 5.34. The van der Waals surface area contributed by atoms with Crippen LogP contribution in [-0.2, 0) is 16.0 Å². The van der Waals surface area contributed by atoms with Crippen LogP contribution >= 0.6 is 35.3 Å². The molecule has 0 bridgehead atoms. The highest BCUT2D eigenvalue weighted by atomic mass is 127. The van der Waals surface area contributed by atoms with Crippen molar-refractivity contribution in [2.45, 2.75) is 45.8 Å². The first kappa shape index (κ1) is 22.6. The number of piperidine rings is 1. The lowest BCUT2D eigenvalue weighted by molar-refractivity contribution is 0.00989. The quantitative estimate of drug-likeness (QED) is 0.280. The van der Waals surface area contributed by atoms with Gasteiger partial charge in [-0.3, -0.25) is 4.99 Å². The zero-order valence-electron chi connectivity index (χ0n) is 15.7. The van der Waals surface area contributed by atoms with Gasteiger partial charge in [0.25, 0.3) is 0 Å². The van der Waals surface area contributed by atoms with Crippen LogP contribution in [0.2, 0.25) is 0 Å². The second-order valence-corrected chi connectivity index (χ2v) is 7.34. The van der Waals surface area contributed by atoms with Crippen molar-refractivity contribution in [2.24, 2.45) is 4.99 Å². The summed E-state index contributed by atoms with van der Waals surface area (Å²) in [4.78, 5) is 12.6. The topological polar surface area (TPSA) is 59.0 Å². The lowest BCUT2D eigenvalue weighted by Crippen LogP contribution is -2.46. The van der Waals surface area contributed by atoms with Crippen LogP contribution in [0.3, 0.4) is 0 Å². The first-order chi connectivity index (χ1) is 11.6. The molecule has 0 aliphatic carbocycles. The van der Waals surface area contributed by atoms with Crippen LogP contribution in [0.25, 0.3) is 0 Å². The van der Waals surface area contributed by atoms with E-state index in [0.717, 1.165) is 68.8 Å². The number of guanidine groups is 1. The van der Waals surface area contributed by atoms with E-state index in [1.165, 1.54) is 4.88 Å². The SMILES string of the molecule is CN=C(NCc1nc(C)c(C)s1)N1CCC(OCCCOC)CC1.I. The number of aryl methyl sites for hydroxylation is 2. The summed E-state index contributed by atoms with van der Waals surface area (Å²) < 4.78 is 11.0. The van der Waals surface area contributed by atoms with E-state index in [2.05, 4.69) is 34.0 Å². The standard InChI is InChI=1S/C17H30N4O2S.HI/c1-13-14(2)24-16(20-13)12-19-17(18-3)21-8-6-15(7-9-21)23-11-5-10-22-4;/h15H,5-12H2,1-4H3,(H,18,19);1H. The second-order valence-electron chi connectivity index (χ2n) is 6.05. The van der Waals surface area contributed by atoms with Gasteiger partial charge < -0.3 is 19.7 Å². The Bertz CT molecular complexity index is 511. The van der Waals surface area contributed by atoms with Crippen LogP contribution in [0, 0.1) is 13.8 Å². The van der Waals surface area contributed by atoms with Crippen LogP contribution in [0.4, 0.5) is 0 Å². The summed E-state index contributed by atoms with van der Waals surface area (Å²) in [6, 6.07) is 0. The molecule has 8 heteroatoms. The first-order valence-electron chi connectivity index (χ1n) is 8.63. The Hall–Kier alpha value is -0.450. The number of ether oxygens (including phenoxy) is 2. The van der Waals surface area contributed by atoms with Crippen LogP contribution in [-0.4, -0.2) is 62.4 Å². The number of nitrogens with zero attached hydrogens (tertiary/aromatic N) is 3. The smallest absolute Gasteiger partial charge is 0.193 e. The Labute approximate surface area is 172 Å². The molecule has 1 saturated heterocycles. The zero-order chi connectivity index (χ0) is 17.4. The van der Waals surface area contributed by atoms with E-state index in [-0.39, 0.29) is 24.0 Å². The lowest BCUT2D eigenvalue weighted by Gasteiger charge is -2.34. The minimum Gasteiger partial charge on any atom is -0.385 e. The van der Waals surface area contributed by atoms with Crippen LogP contribution < -0.4 is 5.32 Å². The average molecular weight is 482 g/mol. The minimum absolute atomic E-state index is 0. The van der Waals surface area contributed by atoms with Gasteiger partial charge in [-0.2, -0.15) is 0 Å². The third-order valence-electron chi connectivity index (χ3n) is 4.27. The summed E-state index contributed by atoms with van der Waals surface area (Å²) in [5.74, 6) is 0.957. The van der Waals surface area contributed by atoms with E-state index >= 15 is 0 Å². The van der Waals surface area contributed by atoms with Gasteiger partial charge >= 0.3 is 0 Å². The van der Waals surface area contributed by atoms with Gasteiger partial charge in [-0.15, -0.1) is 35.3 Å². The Kier molecular flexibility index (Phi) is 10.9. The molecular weight excluding hydrogens is 451 g/mol. The largest absolute Gasteiger partial charge is 0.385 e. The van der Waals surface area contributed by atoms with Gasteiger partial charge in [0.05, 0.1) is 18.3 Å². The molecule has 25 heavy (non-hydrogen) atoms. The third kappa shape index (κ3) is 7.36. The van der Waals surface area contributed by atoms with Gasteiger partial charge in [0.2, 0.25) is 0 Å². The van der Waals surface area contributed by atoms with Crippen molar-refractivity contribution in [1.82, 2.24) is 15.2 Å². The molecule has 1 aromatic heterocycles. The molecule has 1 fully saturated rings.